The Morgan fingerprint density at radius 3 is 1.15 bits per heavy atom. The van der Waals surface area contributed by atoms with Crippen LogP contribution < -0.4 is 8.85 Å². The van der Waals surface area contributed by atoms with Gasteiger partial charge in [0, 0.05) is 0 Å². The maximum atomic E-state index is 6.68. The summed E-state index contributed by atoms with van der Waals surface area (Å²) in [6.07, 6.45) is 0. The molecule has 1 heterocycles. The number of benzene rings is 2. The molecule has 0 bridgehead atoms. The number of hydrogen-bond acceptors (Lipinski definition) is 3. The van der Waals surface area contributed by atoms with Crippen LogP contribution in [0.3, 0.4) is 0 Å². The first-order valence-corrected chi connectivity index (χ1v) is 15.1. The lowest BCUT2D eigenvalue weighted by molar-refractivity contribution is 0.396. The molecule has 0 radical (unpaired) electrons. The molecule has 0 spiro atoms. The van der Waals surface area contributed by atoms with Crippen LogP contribution in [0.15, 0.2) is 34.1 Å². The average Bonchev–Trinajstić information content (AvgIpc) is 2.58. The molecule has 3 rings (SSSR count). The van der Waals surface area contributed by atoms with Gasteiger partial charge in [0.1, 0.15) is 11.5 Å². The van der Waals surface area contributed by atoms with Gasteiger partial charge in [-0.25, -0.2) is 0 Å². The van der Waals surface area contributed by atoms with Gasteiger partial charge in [-0.3, -0.25) is 0 Å². The number of rotatable bonds is 0. The van der Waals surface area contributed by atoms with Crippen LogP contribution in [-0.2, 0) is 21.7 Å². The summed E-state index contributed by atoms with van der Waals surface area (Å²) in [5.41, 5.74) is 5.32. The van der Waals surface area contributed by atoms with Crippen LogP contribution in [0, 0.1) is 0 Å². The molecule has 0 aliphatic carbocycles. The van der Waals surface area contributed by atoms with Crippen molar-refractivity contribution in [2.45, 2.75) is 121 Å². The Labute approximate surface area is 208 Å². The van der Waals surface area contributed by atoms with Gasteiger partial charge in [0.15, 0.2) is 0 Å². The molecule has 0 saturated heterocycles. The summed E-state index contributed by atoms with van der Waals surface area (Å²) in [5.74, 6) is 2.03. The van der Waals surface area contributed by atoms with Gasteiger partial charge in [0.25, 0.3) is 0 Å². The molecule has 4 heteroatoms. The van der Waals surface area contributed by atoms with Gasteiger partial charge in [0.2, 0.25) is 0 Å². The fourth-order valence-corrected chi connectivity index (χ4v) is 6.55. The van der Waals surface area contributed by atoms with Crippen molar-refractivity contribution in [3.63, 3.8) is 0 Å². The molecule has 1 aliphatic rings. The van der Waals surface area contributed by atoms with E-state index in [1.165, 1.54) is 32.0 Å². The molecule has 2 nitrogen and oxygen atoms in total. The van der Waals surface area contributed by atoms with Crippen LogP contribution >= 0.6 is 11.8 Å². The van der Waals surface area contributed by atoms with Gasteiger partial charge in [-0.15, -0.1) is 0 Å². The summed E-state index contributed by atoms with van der Waals surface area (Å²) in [5, 5.41) is 0. The van der Waals surface area contributed by atoms with E-state index in [9.17, 15) is 0 Å². The second-order valence-electron chi connectivity index (χ2n) is 13.6. The molecule has 182 valence electrons. The second kappa shape index (κ2) is 8.37. The lowest BCUT2D eigenvalue weighted by atomic mass is 9.80. The van der Waals surface area contributed by atoms with Gasteiger partial charge >= 0.3 is 9.28 Å². The largest absolute Gasteiger partial charge is 0.513 e. The van der Waals surface area contributed by atoms with E-state index in [0.29, 0.717) is 0 Å². The molecule has 33 heavy (non-hydrogen) atoms. The Morgan fingerprint density at radius 1 is 0.545 bits per heavy atom. The molecule has 0 N–H and O–H groups in total. The van der Waals surface area contributed by atoms with E-state index in [-0.39, 0.29) is 21.7 Å². The standard InChI is InChI=1S/C29H44O2SSi/c1-26(2,3)18-14-20(28(7,8)9)24-22(16-18)32-23-17-19(27(4,5)6)15-21(29(10,11)12)25(23)31-33(13)30-24/h14-17,33H,1-13H3. The van der Waals surface area contributed by atoms with E-state index in [0.717, 1.165) is 11.5 Å². The molecule has 0 saturated carbocycles. The van der Waals surface area contributed by atoms with Gasteiger partial charge in [-0.1, -0.05) is 107 Å². The normalized spacial score (nSPS) is 15.7. The Morgan fingerprint density at radius 2 is 0.879 bits per heavy atom. The van der Waals surface area contributed by atoms with Crippen molar-refractivity contribution in [3.05, 3.63) is 46.5 Å². The molecular formula is C29H44O2SSi. The fraction of sp³-hybridized carbons (Fsp3) is 0.586. The van der Waals surface area contributed by atoms with Crippen LogP contribution in [0.25, 0.3) is 0 Å². The zero-order chi connectivity index (χ0) is 25.1. The predicted molar refractivity (Wildman–Crippen MR) is 146 cm³/mol. The lowest BCUT2D eigenvalue weighted by Crippen LogP contribution is -2.31. The van der Waals surface area contributed by atoms with E-state index in [4.69, 9.17) is 8.85 Å². The maximum absolute atomic E-state index is 6.68. The van der Waals surface area contributed by atoms with E-state index in [1.807, 2.05) is 11.8 Å². The molecule has 2 aromatic rings. The highest BCUT2D eigenvalue weighted by atomic mass is 32.2. The monoisotopic (exact) mass is 484 g/mol. The fourth-order valence-electron chi connectivity index (χ4n) is 4.05. The first-order chi connectivity index (χ1) is 14.8. The van der Waals surface area contributed by atoms with Gasteiger partial charge in [0.05, 0.1) is 9.79 Å². The minimum Gasteiger partial charge on any atom is -0.513 e. The third kappa shape index (κ3) is 5.65. The van der Waals surface area contributed by atoms with Crippen LogP contribution in [0.2, 0.25) is 6.55 Å². The molecule has 0 aromatic heterocycles. The third-order valence-electron chi connectivity index (χ3n) is 6.25. The summed E-state index contributed by atoms with van der Waals surface area (Å²) in [4.78, 5) is 2.42. The molecule has 0 amide bonds. The minimum atomic E-state index is -1.97. The molecule has 0 fully saturated rings. The van der Waals surface area contributed by atoms with E-state index < -0.39 is 9.28 Å². The third-order valence-corrected chi connectivity index (χ3v) is 8.43. The Balaban J connectivity index is 2.36. The minimum absolute atomic E-state index is 0.0219. The van der Waals surface area contributed by atoms with Gasteiger partial charge in [-0.05, 0) is 62.6 Å². The molecule has 0 atom stereocenters. The lowest BCUT2D eigenvalue weighted by Gasteiger charge is -2.34. The summed E-state index contributed by atoms with van der Waals surface area (Å²) in [6, 6.07) is 9.42. The Bertz CT molecular complexity index is 960. The van der Waals surface area contributed by atoms with Crippen LogP contribution in [0.5, 0.6) is 11.5 Å². The topological polar surface area (TPSA) is 18.5 Å². The highest BCUT2D eigenvalue weighted by Gasteiger charge is 2.33. The SMILES string of the molecule is C[SiH]1Oc2c(cc(C(C)(C)C)cc2C(C)(C)C)Sc2cc(C(C)(C)C)cc(C(C)(C)C)c2O1. The highest BCUT2D eigenvalue weighted by Crippen LogP contribution is 2.51. The van der Waals surface area contributed by atoms with Crippen molar-refractivity contribution in [1.82, 2.24) is 0 Å². The van der Waals surface area contributed by atoms with Crippen molar-refractivity contribution in [2.24, 2.45) is 0 Å². The molecule has 2 aromatic carbocycles. The number of hydrogen-bond donors (Lipinski definition) is 0. The highest BCUT2D eigenvalue weighted by molar-refractivity contribution is 7.99. The van der Waals surface area contributed by atoms with Crippen LogP contribution in [0.1, 0.15) is 105 Å². The van der Waals surface area contributed by atoms with Gasteiger partial charge < -0.3 is 8.85 Å². The first-order valence-electron chi connectivity index (χ1n) is 12.2. The Kier molecular flexibility index (Phi) is 6.65. The molecule has 0 unspecified atom stereocenters. The van der Waals surface area contributed by atoms with E-state index in [2.05, 4.69) is 114 Å². The van der Waals surface area contributed by atoms with Crippen molar-refractivity contribution in [3.8, 4) is 11.5 Å². The summed E-state index contributed by atoms with van der Waals surface area (Å²) < 4.78 is 13.4. The average molecular weight is 485 g/mol. The smallest absolute Gasteiger partial charge is 0.441 e. The van der Waals surface area contributed by atoms with Crippen molar-refractivity contribution >= 4 is 21.0 Å². The van der Waals surface area contributed by atoms with Crippen molar-refractivity contribution < 1.29 is 8.85 Å². The summed E-state index contributed by atoms with van der Waals surface area (Å²) >= 11 is 1.81. The van der Waals surface area contributed by atoms with E-state index in [1.54, 1.807) is 0 Å². The zero-order valence-electron chi connectivity index (χ0n) is 23.1. The van der Waals surface area contributed by atoms with Crippen LogP contribution in [-0.4, -0.2) is 9.28 Å². The predicted octanol–water partition coefficient (Wildman–Crippen LogP) is 8.65. The first kappa shape index (κ1) is 26.2. The zero-order valence-corrected chi connectivity index (χ0v) is 25.1. The maximum Gasteiger partial charge on any atom is 0.441 e. The molecular weight excluding hydrogens is 440 g/mol. The quantitative estimate of drug-likeness (QED) is 0.349. The van der Waals surface area contributed by atoms with Crippen molar-refractivity contribution in [2.75, 3.05) is 0 Å². The Hall–Kier alpha value is -1.39. The van der Waals surface area contributed by atoms with Gasteiger partial charge in [-0.2, -0.15) is 0 Å². The summed E-state index contributed by atoms with van der Waals surface area (Å²) in [6.45, 7) is 29.6. The second-order valence-corrected chi connectivity index (χ2v) is 16.3. The molecule has 1 aliphatic heterocycles. The number of fused-ring (bicyclic) bond motifs is 2. The van der Waals surface area contributed by atoms with E-state index >= 15 is 0 Å². The van der Waals surface area contributed by atoms with Crippen LogP contribution in [0.4, 0.5) is 0 Å². The van der Waals surface area contributed by atoms with Crippen molar-refractivity contribution in [1.29, 1.82) is 0 Å². The summed E-state index contributed by atoms with van der Waals surface area (Å²) in [7, 11) is -1.97.